The molecular formula is C24H20N2OS. The number of hydrogen-bond acceptors (Lipinski definition) is 4. The molecular weight excluding hydrogens is 364 g/mol. The van der Waals surface area contributed by atoms with Crippen LogP contribution in [0.25, 0.3) is 10.9 Å². The molecule has 0 saturated heterocycles. The van der Waals surface area contributed by atoms with Gasteiger partial charge in [0.2, 0.25) is 0 Å². The molecule has 28 heavy (non-hydrogen) atoms. The summed E-state index contributed by atoms with van der Waals surface area (Å²) in [7, 11) is 0. The van der Waals surface area contributed by atoms with E-state index in [1.165, 1.54) is 5.56 Å². The highest BCUT2D eigenvalue weighted by molar-refractivity contribution is 8.00. The van der Waals surface area contributed by atoms with Crippen molar-refractivity contribution < 1.29 is 4.79 Å². The van der Waals surface area contributed by atoms with E-state index >= 15 is 0 Å². The molecule has 138 valence electrons. The molecule has 0 radical (unpaired) electrons. The summed E-state index contributed by atoms with van der Waals surface area (Å²) in [6, 6.07) is 27.9. The number of para-hydroxylation sites is 1. The van der Waals surface area contributed by atoms with Gasteiger partial charge >= 0.3 is 0 Å². The lowest BCUT2D eigenvalue weighted by atomic mass is 10.1. The Labute approximate surface area is 168 Å². The minimum absolute atomic E-state index is 0.125. The maximum Gasteiger partial charge on any atom is 0.173 e. The molecule has 0 fully saturated rings. The summed E-state index contributed by atoms with van der Waals surface area (Å²) in [4.78, 5) is 18.0. The van der Waals surface area contributed by atoms with Crippen molar-refractivity contribution in [2.24, 2.45) is 0 Å². The Hall–Kier alpha value is -3.11. The molecule has 3 nitrogen and oxygen atoms in total. The van der Waals surface area contributed by atoms with Gasteiger partial charge in [-0.15, -0.1) is 11.8 Å². The van der Waals surface area contributed by atoms with Crippen molar-refractivity contribution in [1.29, 1.82) is 0 Å². The van der Waals surface area contributed by atoms with Crippen LogP contribution in [0.3, 0.4) is 0 Å². The largest absolute Gasteiger partial charge is 0.381 e. The predicted molar refractivity (Wildman–Crippen MR) is 117 cm³/mol. The van der Waals surface area contributed by atoms with Crippen LogP contribution in [0, 0.1) is 0 Å². The van der Waals surface area contributed by atoms with Crippen LogP contribution in [0.4, 0.5) is 5.69 Å². The van der Waals surface area contributed by atoms with Gasteiger partial charge in [-0.2, -0.15) is 0 Å². The van der Waals surface area contributed by atoms with Crippen LogP contribution >= 0.6 is 11.8 Å². The van der Waals surface area contributed by atoms with Crippen LogP contribution in [-0.2, 0) is 6.54 Å². The van der Waals surface area contributed by atoms with Gasteiger partial charge in [-0.25, -0.2) is 0 Å². The van der Waals surface area contributed by atoms with Crippen molar-refractivity contribution in [2.75, 3.05) is 11.1 Å². The molecule has 4 heteroatoms. The van der Waals surface area contributed by atoms with E-state index in [1.54, 1.807) is 18.0 Å². The average molecular weight is 385 g/mol. The molecule has 3 aromatic carbocycles. The van der Waals surface area contributed by atoms with E-state index < -0.39 is 0 Å². The number of rotatable bonds is 7. The molecule has 0 bridgehead atoms. The maximum absolute atomic E-state index is 12.6. The van der Waals surface area contributed by atoms with Crippen molar-refractivity contribution in [2.45, 2.75) is 11.4 Å². The van der Waals surface area contributed by atoms with Gasteiger partial charge in [0.25, 0.3) is 0 Å². The molecule has 1 N–H and O–H groups in total. The highest BCUT2D eigenvalue weighted by Gasteiger charge is 2.09. The van der Waals surface area contributed by atoms with Crippen molar-refractivity contribution >= 4 is 34.1 Å². The molecule has 0 aliphatic carbocycles. The number of carbonyl (C=O) groups excluding carboxylic acids is 1. The third-order valence-corrected chi connectivity index (χ3v) is 5.59. The monoisotopic (exact) mass is 384 g/mol. The van der Waals surface area contributed by atoms with E-state index in [-0.39, 0.29) is 5.78 Å². The number of hydrogen-bond donors (Lipinski definition) is 1. The minimum Gasteiger partial charge on any atom is -0.381 e. The second-order valence-electron chi connectivity index (χ2n) is 6.45. The maximum atomic E-state index is 12.6. The van der Waals surface area contributed by atoms with E-state index in [1.807, 2.05) is 72.8 Å². The SMILES string of the molecule is O=C(CSc1ccnc2ccccc12)c1ccc(NCc2ccccc2)cc1. The van der Waals surface area contributed by atoms with Crippen LogP contribution in [-0.4, -0.2) is 16.5 Å². The quantitative estimate of drug-likeness (QED) is 0.322. The lowest BCUT2D eigenvalue weighted by Crippen LogP contribution is -2.03. The first-order chi connectivity index (χ1) is 13.8. The second-order valence-corrected chi connectivity index (χ2v) is 7.47. The molecule has 4 aromatic rings. The zero-order valence-corrected chi connectivity index (χ0v) is 16.2. The van der Waals surface area contributed by atoms with Gasteiger partial charge in [-0.1, -0.05) is 48.5 Å². The van der Waals surface area contributed by atoms with Crippen LogP contribution in [0.15, 0.2) is 96.0 Å². The lowest BCUT2D eigenvalue weighted by molar-refractivity contribution is 0.102. The number of nitrogens with zero attached hydrogens (tertiary/aromatic N) is 1. The van der Waals surface area contributed by atoms with Gasteiger partial charge in [0.05, 0.1) is 11.3 Å². The summed E-state index contributed by atoms with van der Waals surface area (Å²) in [5.74, 6) is 0.533. The van der Waals surface area contributed by atoms with Crippen molar-refractivity contribution in [3.05, 3.63) is 102 Å². The molecule has 0 aliphatic rings. The Balaban J connectivity index is 1.37. The highest BCUT2D eigenvalue weighted by Crippen LogP contribution is 2.27. The van der Waals surface area contributed by atoms with E-state index in [4.69, 9.17) is 0 Å². The first-order valence-corrected chi connectivity index (χ1v) is 10.2. The van der Waals surface area contributed by atoms with E-state index in [0.29, 0.717) is 5.75 Å². The third kappa shape index (κ3) is 4.41. The Morgan fingerprint density at radius 2 is 1.61 bits per heavy atom. The zero-order chi connectivity index (χ0) is 19.2. The Morgan fingerprint density at radius 1 is 0.857 bits per heavy atom. The number of carbonyl (C=O) groups is 1. The summed E-state index contributed by atoms with van der Waals surface area (Å²) >= 11 is 1.56. The van der Waals surface area contributed by atoms with Gasteiger partial charge in [0.15, 0.2) is 5.78 Å². The molecule has 0 aliphatic heterocycles. The fourth-order valence-electron chi connectivity index (χ4n) is 3.00. The molecule has 0 saturated carbocycles. The van der Waals surface area contributed by atoms with Gasteiger partial charge in [-0.05, 0) is 42.0 Å². The van der Waals surface area contributed by atoms with Crippen LogP contribution in [0.5, 0.6) is 0 Å². The van der Waals surface area contributed by atoms with E-state index in [9.17, 15) is 4.79 Å². The number of fused-ring (bicyclic) bond motifs is 1. The van der Waals surface area contributed by atoms with Crippen molar-refractivity contribution in [1.82, 2.24) is 4.98 Å². The first kappa shape index (κ1) is 18.3. The molecule has 0 spiro atoms. The number of pyridine rings is 1. The number of thioether (sulfide) groups is 1. The molecule has 0 amide bonds. The Morgan fingerprint density at radius 3 is 2.43 bits per heavy atom. The summed E-state index contributed by atoms with van der Waals surface area (Å²) in [6.07, 6.45) is 1.79. The number of benzene rings is 3. The number of Topliss-reactive ketones (excluding diaryl/α,β-unsaturated/α-hetero) is 1. The number of ketones is 1. The summed E-state index contributed by atoms with van der Waals surface area (Å²) in [5.41, 5.74) is 3.92. The minimum atomic E-state index is 0.125. The van der Waals surface area contributed by atoms with Gasteiger partial charge in [-0.3, -0.25) is 9.78 Å². The molecule has 4 rings (SSSR count). The van der Waals surface area contributed by atoms with Gasteiger partial charge < -0.3 is 5.32 Å². The van der Waals surface area contributed by atoms with E-state index in [2.05, 4.69) is 22.4 Å². The van der Waals surface area contributed by atoms with Gasteiger partial charge in [0.1, 0.15) is 0 Å². The number of aromatic nitrogens is 1. The van der Waals surface area contributed by atoms with Crippen molar-refractivity contribution in [3.8, 4) is 0 Å². The normalized spacial score (nSPS) is 10.7. The zero-order valence-electron chi connectivity index (χ0n) is 15.3. The smallest absolute Gasteiger partial charge is 0.173 e. The summed E-state index contributed by atoms with van der Waals surface area (Å²) < 4.78 is 0. The second kappa shape index (κ2) is 8.72. The molecule has 1 heterocycles. The average Bonchev–Trinajstić information content (AvgIpc) is 2.77. The fraction of sp³-hybridized carbons (Fsp3) is 0.0833. The highest BCUT2D eigenvalue weighted by atomic mass is 32.2. The predicted octanol–water partition coefficient (Wildman–Crippen LogP) is 5.82. The van der Waals surface area contributed by atoms with Crippen LogP contribution in [0.2, 0.25) is 0 Å². The van der Waals surface area contributed by atoms with E-state index in [0.717, 1.165) is 33.6 Å². The van der Waals surface area contributed by atoms with Crippen LogP contribution in [0.1, 0.15) is 15.9 Å². The molecule has 0 atom stereocenters. The standard InChI is InChI=1S/C24H20N2OS/c27-23(17-28-24-14-15-25-22-9-5-4-8-21(22)24)19-10-12-20(13-11-19)26-16-18-6-2-1-3-7-18/h1-15,26H,16-17H2. The molecule has 0 unspecified atom stereocenters. The number of anilines is 1. The Bertz CT molecular complexity index is 1070. The topological polar surface area (TPSA) is 42.0 Å². The third-order valence-electron chi connectivity index (χ3n) is 4.51. The summed E-state index contributed by atoms with van der Waals surface area (Å²) in [6.45, 7) is 0.763. The lowest BCUT2D eigenvalue weighted by Gasteiger charge is -2.08. The van der Waals surface area contributed by atoms with Gasteiger partial charge in [0, 0.05) is 34.3 Å². The molecule has 1 aromatic heterocycles. The Kier molecular flexibility index (Phi) is 5.69. The number of nitrogens with one attached hydrogen (secondary N) is 1. The first-order valence-electron chi connectivity index (χ1n) is 9.17. The van der Waals surface area contributed by atoms with Crippen molar-refractivity contribution in [3.63, 3.8) is 0 Å². The summed E-state index contributed by atoms with van der Waals surface area (Å²) in [5, 5.41) is 4.47. The van der Waals surface area contributed by atoms with Crippen LogP contribution < -0.4 is 5.32 Å². The fourth-order valence-corrected chi connectivity index (χ4v) is 3.93.